The lowest BCUT2D eigenvalue weighted by Gasteiger charge is -2.03. The number of aliphatic hydroxyl groups excluding tert-OH is 2. The van der Waals surface area contributed by atoms with Gasteiger partial charge in [0, 0.05) is 15.1 Å². The molecule has 0 saturated carbocycles. The molecule has 0 amide bonds. The largest absolute Gasteiger partial charge is 0.396 e. The van der Waals surface area contributed by atoms with Crippen molar-refractivity contribution in [2.45, 2.75) is 11.5 Å². The van der Waals surface area contributed by atoms with Crippen LogP contribution in [-0.2, 0) is 6.61 Å². The summed E-state index contributed by atoms with van der Waals surface area (Å²) >= 11 is 4.96. The first-order valence-corrected chi connectivity index (χ1v) is 5.68. The van der Waals surface area contributed by atoms with Gasteiger partial charge in [-0.1, -0.05) is 22.0 Å². The van der Waals surface area contributed by atoms with Crippen LogP contribution in [0.4, 0.5) is 0 Å². The Balaban J connectivity index is 2.71. The van der Waals surface area contributed by atoms with Gasteiger partial charge in [-0.25, -0.2) is 0 Å². The highest BCUT2D eigenvalue weighted by molar-refractivity contribution is 9.10. The lowest BCUT2D eigenvalue weighted by atomic mass is 10.2. The lowest BCUT2D eigenvalue weighted by molar-refractivity contribution is 0.281. The highest BCUT2D eigenvalue weighted by Crippen LogP contribution is 2.25. The Morgan fingerprint density at radius 2 is 2.08 bits per heavy atom. The average molecular weight is 263 g/mol. The smallest absolute Gasteiger partial charge is 0.0692 e. The fourth-order valence-corrected chi connectivity index (χ4v) is 2.26. The van der Waals surface area contributed by atoms with E-state index < -0.39 is 0 Å². The van der Waals surface area contributed by atoms with Crippen molar-refractivity contribution in [3.05, 3.63) is 28.2 Å². The van der Waals surface area contributed by atoms with E-state index in [0.29, 0.717) is 5.75 Å². The highest BCUT2D eigenvalue weighted by atomic mass is 79.9. The van der Waals surface area contributed by atoms with Crippen molar-refractivity contribution in [2.24, 2.45) is 0 Å². The van der Waals surface area contributed by atoms with E-state index in [4.69, 9.17) is 10.2 Å². The summed E-state index contributed by atoms with van der Waals surface area (Å²) in [5.74, 6) is 0.699. The van der Waals surface area contributed by atoms with Crippen LogP contribution < -0.4 is 0 Å². The molecule has 0 fully saturated rings. The summed E-state index contributed by atoms with van der Waals surface area (Å²) in [5, 5.41) is 17.5. The van der Waals surface area contributed by atoms with Crippen molar-refractivity contribution >= 4 is 27.7 Å². The second-order valence-corrected chi connectivity index (χ2v) is 4.51. The van der Waals surface area contributed by atoms with Crippen LogP contribution in [0.2, 0.25) is 0 Å². The normalized spacial score (nSPS) is 10.4. The first-order chi connectivity index (χ1) is 6.27. The van der Waals surface area contributed by atoms with Gasteiger partial charge in [0.1, 0.15) is 0 Å². The van der Waals surface area contributed by atoms with E-state index in [2.05, 4.69) is 15.9 Å². The highest BCUT2D eigenvalue weighted by Gasteiger charge is 2.00. The average Bonchev–Trinajstić information content (AvgIpc) is 2.15. The van der Waals surface area contributed by atoms with Gasteiger partial charge in [0.15, 0.2) is 0 Å². The number of aliphatic hydroxyl groups is 2. The Hall–Kier alpha value is -0.0300. The molecule has 0 radical (unpaired) electrons. The molecule has 1 rings (SSSR count). The van der Waals surface area contributed by atoms with Gasteiger partial charge in [-0.15, -0.1) is 11.8 Å². The fraction of sp³-hybridized carbons (Fsp3) is 0.333. The molecule has 0 unspecified atom stereocenters. The molecule has 1 aromatic rings. The third kappa shape index (κ3) is 3.31. The molecule has 0 aliphatic rings. The maximum Gasteiger partial charge on any atom is 0.0692 e. The molecule has 0 saturated heterocycles. The van der Waals surface area contributed by atoms with Crippen LogP contribution in [0.3, 0.4) is 0 Å². The third-order valence-corrected chi connectivity index (χ3v) is 3.27. The minimum absolute atomic E-state index is 0.0472. The minimum atomic E-state index is 0.0472. The third-order valence-electron chi connectivity index (χ3n) is 1.55. The second kappa shape index (κ2) is 5.65. The van der Waals surface area contributed by atoms with Crippen LogP contribution in [0.15, 0.2) is 27.6 Å². The van der Waals surface area contributed by atoms with Crippen LogP contribution in [0.1, 0.15) is 5.56 Å². The minimum Gasteiger partial charge on any atom is -0.396 e. The maximum atomic E-state index is 8.91. The predicted molar refractivity (Wildman–Crippen MR) is 57.9 cm³/mol. The number of hydrogen-bond donors (Lipinski definition) is 2. The summed E-state index contributed by atoms with van der Waals surface area (Å²) in [6.07, 6.45) is 0. The molecule has 0 heterocycles. The van der Waals surface area contributed by atoms with Gasteiger partial charge in [-0.05, 0) is 17.7 Å². The summed E-state index contributed by atoms with van der Waals surface area (Å²) in [6, 6.07) is 5.77. The van der Waals surface area contributed by atoms with E-state index in [9.17, 15) is 0 Å². The zero-order valence-electron chi connectivity index (χ0n) is 7.03. The molecule has 0 atom stereocenters. The number of hydrogen-bond acceptors (Lipinski definition) is 3. The molecule has 0 aliphatic carbocycles. The van der Waals surface area contributed by atoms with Crippen LogP contribution in [0, 0.1) is 0 Å². The van der Waals surface area contributed by atoms with E-state index in [0.717, 1.165) is 14.9 Å². The SMILES string of the molecule is OCCSc1ccc(CO)c(Br)c1. The van der Waals surface area contributed by atoms with Crippen molar-refractivity contribution in [1.82, 2.24) is 0 Å². The summed E-state index contributed by atoms with van der Waals surface area (Å²) in [4.78, 5) is 1.10. The van der Waals surface area contributed by atoms with E-state index in [1.165, 1.54) is 0 Å². The summed E-state index contributed by atoms with van der Waals surface area (Å²) < 4.78 is 0.915. The molecule has 2 nitrogen and oxygen atoms in total. The summed E-state index contributed by atoms with van der Waals surface area (Å²) in [6.45, 7) is 0.232. The quantitative estimate of drug-likeness (QED) is 0.816. The monoisotopic (exact) mass is 262 g/mol. The first-order valence-electron chi connectivity index (χ1n) is 3.91. The lowest BCUT2D eigenvalue weighted by Crippen LogP contribution is -1.88. The summed E-state index contributed by atoms with van der Waals surface area (Å²) in [5.41, 5.74) is 0.883. The van der Waals surface area contributed by atoms with Gasteiger partial charge < -0.3 is 10.2 Å². The molecular formula is C9H11BrO2S. The standard InChI is InChI=1S/C9H11BrO2S/c10-9-5-8(13-4-3-11)2-1-7(9)6-12/h1-2,5,11-12H,3-4,6H2. The Morgan fingerprint density at radius 3 is 2.62 bits per heavy atom. The van der Waals surface area contributed by atoms with E-state index in [-0.39, 0.29) is 13.2 Å². The predicted octanol–water partition coefficient (Wildman–Crippen LogP) is 2.03. The molecule has 2 N–H and O–H groups in total. The topological polar surface area (TPSA) is 40.5 Å². The Morgan fingerprint density at radius 1 is 1.31 bits per heavy atom. The van der Waals surface area contributed by atoms with Crippen LogP contribution in [-0.4, -0.2) is 22.6 Å². The fourth-order valence-electron chi connectivity index (χ4n) is 0.910. The van der Waals surface area contributed by atoms with Gasteiger partial charge in [-0.3, -0.25) is 0 Å². The van der Waals surface area contributed by atoms with E-state index >= 15 is 0 Å². The maximum absolute atomic E-state index is 8.91. The first kappa shape index (κ1) is 11.0. The van der Waals surface area contributed by atoms with Crippen molar-refractivity contribution in [2.75, 3.05) is 12.4 Å². The molecule has 1 aromatic carbocycles. The van der Waals surface area contributed by atoms with Gasteiger partial charge in [0.05, 0.1) is 13.2 Å². The molecule has 4 heteroatoms. The summed E-state index contributed by atoms with van der Waals surface area (Å²) in [7, 11) is 0. The van der Waals surface area contributed by atoms with Crippen molar-refractivity contribution in [1.29, 1.82) is 0 Å². The molecule has 0 aromatic heterocycles. The van der Waals surface area contributed by atoms with Crippen molar-refractivity contribution in [3.8, 4) is 0 Å². The molecule has 0 spiro atoms. The number of thioether (sulfide) groups is 1. The Labute approximate surface area is 90.1 Å². The molecule has 13 heavy (non-hydrogen) atoms. The Kier molecular flexibility index (Phi) is 4.80. The number of rotatable bonds is 4. The zero-order chi connectivity index (χ0) is 9.68. The molecule has 0 aliphatic heterocycles. The van der Waals surface area contributed by atoms with Crippen LogP contribution in [0.5, 0.6) is 0 Å². The van der Waals surface area contributed by atoms with E-state index in [1.807, 2.05) is 18.2 Å². The van der Waals surface area contributed by atoms with Gasteiger partial charge >= 0.3 is 0 Å². The number of halogens is 1. The molecule has 0 bridgehead atoms. The zero-order valence-corrected chi connectivity index (χ0v) is 9.44. The van der Waals surface area contributed by atoms with Gasteiger partial charge in [0.2, 0.25) is 0 Å². The second-order valence-electron chi connectivity index (χ2n) is 2.48. The number of benzene rings is 1. The van der Waals surface area contributed by atoms with Crippen LogP contribution in [0.25, 0.3) is 0 Å². The van der Waals surface area contributed by atoms with Gasteiger partial charge in [-0.2, -0.15) is 0 Å². The Bertz CT molecular complexity index is 278. The van der Waals surface area contributed by atoms with Crippen molar-refractivity contribution in [3.63, 3.8) is 0 Å². The van der Waals surface area contributed by atoms with Crippen molar-refractivity contribution < 1.29 is 10.2 Å². The van der Waals surface area contributed by atoms with E-state index in [1.54, 1.807) is 11.8 Å². The molecular weight excluding hydrogens is 252 g/mol. The van der Waals surface area contributed by atoms with Crippen LogP contribution >= 0.6 is 27.7 Å². The van der Waals surface area contributed by atoms with Gasteiger partial charge in [0.25, 0.3) is 0 Å². The molecule has 72 valence electrons.